The lowest BCUT2D eigenvalue weighted by atomic mass is 9.84. The monoisotopic (exact) mass is 302 g/mol. The van der Waals surface area contributed by atoms with E-state index in [-0.39, 0.29) is 24.9 Å². The Kier molecular flexibility index (Phi) is 8.21. The third-order valence-corrected chi connectivity index (χ3v) is 2.73. The lowest BCUT2D eigenvalue weighted by Crippen LogP contribution is -2.25. The average molecular weight is 302 g/mol. The maximum absolute atomic E-state index is 11.5. The molecule has 0 amide bonds. The van der Waals surface area contributed by atoms with E-state index in [1.807, 2.05) is 20.8 Å². The van der Waals surface area contributed by atoms with E-state index in [4.69, 9.17) is 20.1 Å². The summed E-state index contributed by atoms with van der Waals surface area (Å²) in [6.07, 6.45) is -0.538. The zero-order valence-corrected chi connectivity index (χ0v) is 13.0. The minimum atomic E-state index is -1.15. The summed E-state index contributed by atoms with van der Waals surface area (Å²) in [7, 11) is 0. The third-order valence-electron chi connectivity index (χ3n) is 2.73. The Bertz CT molecular complexity index is 369. The lowest BCUT2D eigenvalue weighted by Gasteiger charge is -2.21. The van der Waals surface area contributed by atoms with Crippen molar-refractivity contribution in [3.8, 4) is 0 Å². The van der Waals surface area contributed by atoms with E-state index in [0.29, 0.717) is 6.42 Å². The third kappa shape index (κ3) is 10.0. The smallest absolute Gasteiger partial charge is 0.307 e. The molecule has 0 aromatic heterocycles. The summed E-state index contributed by atoms with van der Waals surface area (Å²) < 4.78 is 4.72. The van der Waals surface area contributed by atoms with Crippen molar-refractivity contribution in [1.29, 1.82) is 0 Å². The van der Waals surface area contributed by atoms with Crippen LogP contribution >= 0.6 is 0 Å². The van der Waals surface area contributed by atoms with Gasteiger partial charge < -0.3 is 20.1 Å². The summed E-state index contributed by atoms with van der Waals surface area (Å²) in [5, 5.41) is 26.8. The number of hydrogen-bond acceptors (Lipinski definition) is 5. The fraction of sp³-hybridized carbons (Fsp3) is 0.733. The Balaban J connectivity index is 4.40. The molecule has 0 aliphatic rings. The molecule has 2 atom stereocenters. The molecule has 0 fully saturated rings. The van der Waals surface area contributed by atoms with Gasteiger partial charge in [-0.1, -0.05) is 32.9 Å². The Hall–Kier alpha value is -1.40. The summed E-state index contributed by atoms with van der Waals surface area (Å²) in [6.45, 7) is 9.09. The zero-order chi connectivity index (χ0) is 16.6. The summed E-state index contributed by atoms with van der Waals surface area (Å²) in [5.74, 6) is -2.68. The fourth-order valence-electron chi connectivity index (χ4n) is 1.92. The highest BCUT2D eigenvalue weighted by molar-refractivity contribution is 5.79. The molecular weight excluding hydrogens is 276 g/mol. The van der Waals surface area contributed by atoms with Crippen LogP contribution in [-0.2, 0) is 14.3 Å². The molecule has 6 nitrogen and oxygen atoms in total. The number of carboxylic acid groups (broad SMARTS) is 1. The van der Waals surface area contributed by atoms with Crippen LogP contribution in [0.5, 0.6) is 0 Å². The molecule has 21 heavy (non-hydrogen) atoms. The van der Waals surface area contributed by atoms with E-state index in [1.54, 1.807) is 0 Å². The number of carboxylic acids is 1. The van der Waals surface area contributed by atoms with E-state index >= 15 is 0 Å². The Morgan fingerprint density at radius 2 is 1.81 bits per heavy atom. The summed E-state index contributed by atoms with van der Waals surface area (Å²) in [6, 6.07) is 0. The largest absolute Gasteiger partial charge is 0.481 e. The number of esters is 1. The van der Waals surface area contributed by atoms with Crippen molar-refractivity contribution in [3.05, 3.63) is 12.2 Å². The Morgan fingerprint density at radius 1 is 1.24 bits per heavy atom. The van der Waals surface area contributed by atoms with Crippen LogP contribution in [-0.4, -0.2) is 46.6 Å². The molecule has 2 unspecified atom stereocenters. The number of aliphatic carboxylic acids is 1. The van der Waals surface area contributed by atoms with E-state index in [2.05, 4.69) is 6.58 Å². The quantitative estimate of drug-likeness (QED) is 0.439. The van der Waals surface area contributed by atoms with Crippen molar-refractivity contribution in [2.75, 3.05) is 13.2 Å². The van der Waals surface area contributed by atoms with Gasteiger partial charge in [-0.2, -0.15) is 0 Å². The van der Waals surface area contributed by atoms with Gasteiger partial charge in [0.15, 0.2) is 0 Å². The second-order valence-corrected chi connectivity index (χ2v) is 6.45. The Morgan fingerprint density at radius 3 is 2.24 bits per heavy atom. The predicted octanol–water partition coefficient (Wildman–Crippen LogP) is 1.36. The van der Waals surface area contributed by atoms with Crippen LogP contribution in [0.25, 0.3) is 0 Å². The van der Waals surface area contributed by atoms with Crippen LogP contribution in [0.1, 0.15) is 40.0 Å². The number of rotatable bonds is 9. The number of carbonyl (C=O) groups is 2. The van der Waals surface area contributed by atoms with E-state index < -0.39 is 30.6 Å². The first kappa shape index (κ1) is 19.6. The molecule has 122 valence electrons. The van der Waals surface area contributed by atoms with Gasteiger partial charge in [0.2, 0.25) is 0 Å². The fourth-order valence-corrected chi connectivity index (χ4v) is 1.92. The van der Waals surface area contributed by atoms with Crippen LogP contribution in [0.15, 0.2) is 12.2 Å². The number of carbonyl (C=O) groups excluding carboxylic acids is 1. The van der Waals surface area contributed by atoms with Gasteiger partial charge in [-0.05, 0) is 18.3 Å². The molecule has 3 N–H and O–H groups in total. The molecule has 0 spiro atoms. The van der Waals surface area contributed by atoms with Crippen molar-refractivity contribution in [2.45, 2.75) is 46.1 Å². The predicted molar refractivity (Wildman–Crippen MR) is 77.6 cm³/mol. The van der Waals surface area contributed by atoms with Crippen molar-refractivity contribution in [2.24, 2.45) is 11.3 Å². The second kappa shape index (κ2) is 8.79. The van der Waals surface area contributed by atoms with Crippen molar-refractivity contribution in [3.63, 3.8) is 0 Å². The van der Waals surface area contributed by atoms with Crippen LogP contribution in [0, 0.1) is 11.3 Å². The van der Waals surface area contributed by atoms with Gasteiger partial charge in [0.25, 0.3) is 0 Å². The molecule has 0 heterocycles. The average Bonchev–Trinajstić information content (AvgIpc) is 2.32. The first-order valence-electron chi connectivity index (χ1n) is 6.89. The van der Waals surface area contributed by atoms with E-state index in [1.165, 1.54) is 0 Å². The van der Waals surface area contributed by atoms with Gasteiger partial charge >= 0.3 is 11.9 Å². The van der Waals surface area contributed by atoms with Crippen LogP contribution in [0.2, 0.25) is 0 Å². The maximum Gasteiger partial charge on any atom is 0.307 e. The minimum absolute atomic E-state index is 0.00583. The standard InChI is InChI=1S/C15H26O6/c1-10(7-15(2,3)4)5-11(14(19)20)6-13(18)21-9-12(17)8-16/h11-12,16-17H,1,5-9H2,2-4H3,(H,19,20). The lowest BCUT2D eigenvalue weighted by molar-refractivity contribution is -0.153. The number of allylic oxidation sites excluding steroid dienone is 1. The number of ether oxygens (including phenoxy) is 1. The molecule has 0 bridgehead atoms. The van der Waals surface area contributed by atoms with Gasteiger partial charge in [0, 0.05) is 0 Å². The molecule has 0 aromatic carbocycles. The van der Waals surface area contributed by atoms with Crippen LogP contribution in [0.3, 0.4) is 0 Å². The number of aliphatic hydroxyl groups is 2. The summed E-state index contributed by atoms with van der Waals surface area (Å²) in [5.41, 5.74) is 0.782. The normalized spacial score (nSPS) is 14.3. The van der Waals surface area contributed by atoms with Gasteiger partial charge in [-0.15, -0.1) is 0 Å². The molecule has 0 aromatic rings. The molecule has 0 aliphatic heterocycles. The van der Waals surface area contributed by atoms with Crippen LogP contribution in [0.4, 0.5) is 0 Å². The molecular formula is C15H26O6. The highest BCUT2D eigenvalue weighted by Crippen LogP contribution is 2.27. The van der Waals surface area contributed by atoms with E-state index in [0.717, 1.165) is 5.57 Å². The van der Waals surface area contributed by atoms with Crippen molar-refractivity contribution in [1.82, 2.24) is 0 Å². The molecule has 0 saturated heterocycles. The van der Waals surface area contributed by atoms with Gasteiger partial charge in [0.05, 0.1) is 18.9 Å². The molecule has 0 rings (SSSR count). The first-order chi connectivity index (χ1) is 9.55. The van der Waals surface area contributed by atoms with Gasteiger partial charge in [-0.25, -0.2) is 0 Å². The molecule has 0 aliphatic carbocycles. The minimum Gasteiger partial charge on any atom is -0.481 e. The van der Waals surface area contributed by atoms with E-state index in [9.17, 15) is 9.59 Å². The first-order valence-corrected chi connectivity index (χ1v) is 6.89. The second-order valence-electron chi connectivity index (χ2n) is 6.45. The van der Waals surface area contributed by atoms with Crippen molar-refractivity contribution < 1.29 is 29.6 Å². The zero-order valence-electron chi connectivity index (χ0n) is 13.0. The van der Waals surface area contributed by atoms with Gasteiger partial charge in [0.1, 0.15) is 12.7 Å². The number of aliphatic hydroxyl groups excluding tert-OH is 2. The number of hydrogen-bond donors (Lipinski definition) is 3. The summed E-state index contributed by atoms with van der Waals surface area (Å²) >= 11 is 0. The molecule has 6 heteroatoms. The Labute approximate surface area is 125 Å². The highest BCUT2D eigenvalue weighted by Gasteiger charge is 2.24. The topological polar surface area (TPSA) is 104 Å². The molecule has 0 radical (unpaired) electrons. The van der Waals surface area contributed by atoms with Gasteiger partial charge in [-0.3, -0.25) is 9.59 Å². The van der Waals surface area contributed by atoms with Crippen LogP contribution < -0.4 is 0 Å². The van der Waals surface area contributed by atoms with Crippen molar-refractivity contribution >= 4 is 11.9 Å². The summed E-state index contributed by atoms with van der Waals surface area (Å²) in [4.78, 5) is 22.7. The highest BCUT2D eigenvalue weighted by atomic mass is 16.5. The maximum atomic E-state index is 11.5. The molecule has 0 saturated carbocycles. The SMILES string of the molecule is C=C(CC(CC(=O)OCC(O)CO)C(=O)O)CC(C)(C)C.